The van der Waals surface area contributed by atoms with Crippen LogP contribution in [0.3, 0.4) is 0 Å². The van der Waals surface area contributed by atoms with Crippen molar-refractivity contribution < 1.29 is 18.8 Å². The van der Waals surface area contributed by atoms with Gasteiger partial charge in [-0.1, -0.05) is 28.9 Å². The lowest BCUT2D eigenvalue weighted by Gasteiger charge is -2.24. The molecule has 1 aromatic heterocycles. The molecule has 1 aliphatic rings. The third-order valence-corrected chi connectivity index (χ3v) is 4.58. The van der Waals surface area contributed by atoms with Crippen molar-refractivity contribution in [3.8, 4) is 11.3 Å². The van der Waals surface area contributed by atoms with Crippen LogP contribution in [0.4, 0.5) is 10.7 Å². The number of halogens is 1. The average molecular weight is 406 g/mol. The van der Waals surface area contributed by atoms with Crippen LogP contribution in [0.2, 0.25) is 5.02 Å². The first-order valence-corrected chi connectivity index (χ1v) is 9.58. The fourth-order valence-electron chi connectivity index (χ4n) is 3.03. The molecule has 28 heavy (non-hydrogen) atoms. The normalized spacial score (nSPS) is 16.9. The molecule has 0 bridgehead atoms. The van der Waals surface area contributed by atoms with Gasteiger partial charge in [0.05, 0.1) is 0 Å². The number of hydrogen-bond donors (Lipinski definition) is 1. The van der Waals surface area contributed by atoms with Crippen LogP contribution in [0.15, 0.2) is 34.9 Å². The molecule has 0 unspecified atom stereocenters. The lowest BCUT2D eigenvalue weighted by Crippen LogP contribution is -2.35. The van der Waals surface area contributed by atoms with Crippen LogP contribution in [-0.4, -0.2) is 40.7 Å². The van der Waals surface area contributed by atoms with Crippen LogP contribution in [0.1, 0.15) is 33.6 Å². The van der Waals surface area contributed by atoms with Crippen molar-refractivity contribution in [2.75, 3.05) is 18.4 Å². The number of anilines is 1. The zero-order valence-electron chi connectivity index (χ0n) is 16.2. The van der Waals surface area contributed by atoms with E-state index in [0.717, 1.165) is 12.0 Å². The van der Waals surface area contributed by atoms with Crippen molar-refractivity contribution in [3.63, 3.8) is 0 Å². The number of hydrogen-bond acceptors (Lipinski definition) is 5. The topological polar surface area (TPSA) is 84.7 Å². The number of carbonyl (C=O) groups excluding carboxylic acids is 2. The average Bonchev–Trinajstić information content (AvgIpc) is 3.24. The number of nitrogens with zero attached hydrogens (tertiary/aromatic N) is 2. The number of likely N-dealkylation sites (tertiary alicyclic amines) is 1. The Morgan fingerprint density at radius 2 is 2.04 bits per heavy atom. The Morgan fingerprint density at radius 1 is 1.32 bits per heavy atom. The summed E-state index contributed by atoms with van der Waals surface area (Å²) >= 11 is 5.88. The van der Waals surface area contributed by atoms with Gasteiger partial charge in [0, 0.05) is 36.2 Å². The van der Waals surface area contributed by atoms with Gasteiger partial charge in [0.1, 0.15) is 11.3 Å². The first kappa shape index (κ1) is 20.2. The maximum absolute atomic E-state index is 12.3. The second-order valence-electron chi connectivity index (χ2n) is 7.92. The Bertz CT molecular complexity index is 842. The fourth-order valence-corrected chi connectivity index (χ4v) is 3.16. The Kier molecular flexibility index (Phi) is 5.93. The highest BCUT2D eigenvalue weighted by molar-refractivity contribution is 6.30. The summed E-state index contributed by atoms with van der Waals surface area (Å²) < 4.78 is 10.6. The monoisotopic (exact) mass is 405 g/mol. The van der Waals surface area contributed by atoms with E-state index in [1.165, 1.54) is 0 Å². The highest BCUT2D eigenvalue weighted by atomic mass is 35.5. The van der Waals surface area contributed by atoms with Crippen LogP contribution >= 0.6 is 11.6 Å². The molecule has 8 heteroatoms. The van der Waals surface area contributed by atoms with Gasteiger partial charge in [-0.15, -0.1) is 0 Å². The quantitative estimate of drug-likeness (QED) is 0.804. The molecule has 1 aromatic carbocycles. The molecule has 1 atom stereocenters. The minimum atomic E-state index is -0.527. The zero-order chi connectivity index (χ0) is 20.3. The molecular formula is C20H24ClN3O4. The second kappa shape index (κ2) is 8.22. The summed E-state index contributed by atoms with van der Waals surface area (Å²) in [5, 5.41) is 7.33. The first-order chi connectivity index (χ1) is 13.2. The van der Waals surface area contributed by atoms with Gasteiger partial charge in [0.25, 0.3) is 0 Å². The van der Waals surface area contributed by atoms with Crippen LogP contribution in [0.25, 0.3) is 11.3 Å². The van der Waals surface area contributed by atoms with Crippen molar-refractivity contribution in [2.24, 2.45) is 5.92 Å². The van der Waals surface area contributed by atoms with E-state index in [1.807, 2.05) is 32.9 Å². The standard InChI is InChI=1S/C20H24ClN3O4/c1-20(2,3)27-19(26)24-9-8-13(12-24)10-17(25)22-18-11-16(23-28-18)14-4-6-15(21)7-5-14/h4-7,11,13H,8-10,12H2,1-3H3,(H,22,25)/t13-/m0/s1. The number of rotatable bonds is 4. The summed E-state index contributed by atoms with van der Waals surface area (Å²) in [6, 6.07) is 8.86. The number of ether oxygens (including phenoxy) is 1. The fraction of sp³-hybridized carbons (Fsp3) is 0.450. The van der Waals surface area contributed by atoms with E-state index >= 15 is 0 Å². The maximum atomic E-state index is 12.3. The lowest BCUT2D eigenvalue weighted by molar-refractivity contribution is -0.117. The Morgan fingerprint density at radius 3 is 2.71 bits per heavy atom. The molecule has 0 spiro atoms. The van der Waals surface area contributed by atoms with Gasteiger partial charge < -0.3 is 14.2 Å². The zero-order valence-corrected chi connectivity index (χ0v) is 17.0. The molecule has 0 saturated carbocycles. The van der Waals surface area contributed by atoms with E-state index in [2.05, 4.69) is 10.5 Å². The number of nitrogens with one attached hydrogen (secondary N) is 1. The minimum Gasteiger partial charge on any atom is -0.444 e. The van der Waals surface area contributed by atoms with E-state index in [-0.39, 0.29) is 23.8 Å². The van der Waals surface area contributed by atoms with Crippen LogP contribution in [0, 0.1) is 5.92 Å². The molecule has 2 aromatic rings. The van der Waals surface area contributed by atoms with Gasteiger partial charge >= 0.3 is 6.09 Å². The van der Waals surface area contributed by atoms with Crippen molar-refractivity contribution in [1.82, 2.24) is 10.1 Å². The summed E-state index contributed by atoms with van der Waals surface area (Å²) in [6.45, 7) is 6.61. The number of amides is 2. The van der Waals surface area contributed by atoms with Gasteiger partial charge in [-0.2, -0.15) is 0 Å². The van der Waals surface area contributed by atoms with Crippen LogP contribution in [-0.2, 0) is 9.53 Å². The van der Waals surface area contributed by atoms with Crippen LogP contribution < -0.4 is 5.32 Å². The summed E-state index contributed by atoms with van der Waals surface area (Å²) in [6.07, 6.45) is 0.730. The predicted octanol–water partition coefficient (Wildman–Crippen LogP) is 4.58. The van der Waals surface area contributed by atoms with Gasteiger partial charge in [0.15, 0.2) is 0 Å². The van der Waals surface area contributed by atoms with Gasteiger partial charge in [-0.25, -0.2) is 4.79 Å². The summed E-state index contributed by atoms with van der Waals surface area (Å²) in [5.41, 5.74) is 0.932. The van der Waals surface area contributed by atoms with Crippen molar-refractivity contribution >= 4 is 29.5 Å². The minimum absolute atomic E-state index is 0.0891. The molecule has 1 fully saturated rings. The highest BCUT2D eigenvalue weighted by Crippen LogP contribution is 2.25. The Labute approximate surface area is 169 Å². The van der Waals surface area contributed by atoms with Gasteiger partial charge in [-0.3, -0.25) is 10.1 Å². The van der Waals surface area contributed by atoms with E-state index in [4.69, 9.17) is 20.9 Å². The largest absolute Gasteiger partial charge is 0.444 e. The van der Waals surface area contributed by atoms with Crippen molar-refractivity contribution in [3.05, 3.63) is 35.4 Å². The van der Waals surface area contributed by atoms with E-state index in [1.54, 1.807) is 23.1 Å². The van der Waals surface area contributed by atoms with Crippen LogP contribution in [0.5, 0.6) is 0 Å². The first-order valence-electron chi connectivity index (χ1n) is 9.20. The molecule has 1 aliphatic heterocycles. The molecule has 2 amide bonds. The Hall–Kier alpha value is -2.54. The summed E-state index contributed by atoms with van der Waals surface area (Å²) in [4.78, 5) is 26.1. The van der Waals surface area contributed by atoms with Gasteiger partial charge in [-0.05, 0) is 45.2 Å². The molecule has 0 aliphatic carbocycles. The predicted molar refractivity (Wildman–Crippen MR) is 106 cm³/mol. The van der Waals surface area contributed by atoms with Crippen molar-refractivity contribution in [1.29, 1.82) is 0 Å². The number of benzene rings is 1. The molecule has 7 nitrogen and oxygen atoms in total. The molecule has 3 rings (SSSR count). The van der Waals surface area contributed by atoms with Crippen molar-refractivity contribution in [2.45, 2.75) is 39.2 Å². The molecule has 1 N–H and O–H groups in total. The van der Waals surface area contributed by atoms with E-state index in [9.17, 15) is 9.59 Å². The molecule has 1 saturated heterocycles. The molecule has 0 radical (unpaired) electrons. The van der Waals surface area contributed by atoms with E-state index in [0.29, 0.717) is 30.2 Å². The lowest BCUT2D eigenvalue weighted by atomic mass is 10.0. The maximum Gasteiger partial charge on any atom is 0.410 e. The Balaban J connectivity index is 1.50. The second-order valence-corrected chi connectivity index (χ2v) is 8.35. The number of aromatic nitrogens is 1. The smallest absolute Gasteiger partial charge is 0.410 e. The SMILES string of the molecule is CC(C)(C)OC(=O)N1CC[C@@H](CC(=O)Nc2cc(-c3ccc(Cl)cc3)no2)C1. The molecule has 150 valence electrons. The van der Waals surface area contributed by atoms with Gasteiger partial charge in [0.2, 0.25) is 11.8 Å². The molecular weight excluding hydrogens is 382 g/mol. The third kappa shape index (κ3) is 5.48. The summed E-state index contributed by atoms with van der Waals surface area (Å²) in [5.74, 6) is 0.206. The molecule has 2 heterocycles. The summed E-state index contributed by atoms with van der Waals surface area (Å²) in [7, 11) is 0. The number of carbonyl (C=O) groups is 2. The van der Waals surface area contributed by atoms with E-state index < -0.39 is 5.60 Å². The highest BCUT2D eigenvalue weighted by Gasteiger charge is 2.31. The third-order valence-electron chi connectivity index (χ3n) is 4.32.